The molecule has 2 heterocycles. The second-order valence-electron chi connectivity index (χ2n) is 9.32. The first-order chi connectivity index (χ1) is 16.8. The molecule has 5 heteroatoms. The number of hydrogen-bond acceptors (Lipinski definition) is 5. The molecule has 0 atom stereocenters. The Hall–Kier alpha value is -3.34. The fraction of sp³-hybridized carbons (Fsp3) is 0.400. The van der Waals surface area contributed by atoms with Gasteiger partial charge in [-0.05, 0) is 95.5 Å². The zero-order valence-electron chi connectivity index (χ0n) is 22.1. The molecule has 0 saturated carbocycles. The van der Waals surface area contributed by atoms with E-state index in [-0.39, 0.29) is 5.97 Å². The third-order valence-electron chi connectivity index (χ3n) is 7.28. The minimum absolute atomic E-state index is 0.376. The van der Waals surface area contributed by atoms with Gasteiger partial charge >= 0.3 is 5.97 Å². The Morgan fingerprint density at radius 2 is 1.23 bits per heavy atom. The maximum absolute atomic E-state index is 13.2. The van der Waals surface area contributed by atoms with E-state index >= 15 is 0 Å². The number of fused-ring (bicyclic) bond motifs is 1. The number of esters is 1. The molecule has 184 valence electrons. The van der Waals surface area contributed by atoms with Gasteiger partial charge in [0.15, 0.2) is 11.3 Å². The van der Waals surface area contributed by atoms with Crippen molar-refractivity contribution < 1.29 is 9.53 Å². The molecule has 0 spiro atoms. The van der Waals surface area contributed by atoms with Crippen molar-refractivity contribution in [3.8, 4) is 0 Å². The van der Waals surface area contributed by atoms with Crippen LogP contribution in [0.4, 0.5) is 11.4 Å². The minimum Gasteiger partial charge on any atom is -0.439 e. The molecular weight excluding hydrogens is 434 g/mol. The van der Waals surface area contributed by atoms with Crippen LogP contribution in [0.25, 0.3) is 0 Å². The Labute approximate surface area is 209 Å². The van der Waals surface area contributed by atoms with Crippen molar-refractivity contribution >= 4 is 17.3 Å². The van der Waals surface area contributed by atoms with Gasteiger partial charge in [-0.2, -0.15) is 0 Å². The maximum atomic E-state index is 13.2. The van der Waals surface area contributed by atoms with Crippen molar-refractivity contribution in [2.75, 3.05) is 36.0 Å². The van der Waals surface area contributed by atoms with Crippen molar-refractivity contribution in [3.63, 3.8) is 0 Å². The number of hydrogen-bond donors (Lipinski definition) is 0. The average molecular weight is 472 g/mol. The van der Waals surface area contributed by atoms with E-state index in [2.05, 4.69) is 98.8 Å². The number of cyclic esters (lactones) is 1. The van der Waals surface area contributed by atoms with Gasteiger partial charge in [-0.3, -0.25) is 0 Å². The molecule has 1 aromatic heterocycles. The second kappa shape index (κ2) is 9.73. The summed E-state index contributed by atoms with van der Waals surface area (Å²) in [5, 5.41) is 0. The quantitative estimate of drug-likeness (QED) is 0.368. The molecule has 1 aliphatic heterocycles. The number of aryl methyl sites for hydroxylation is 3. The summed E-state index contributed by atoms with van der Waals surface area (Å²) in [5.74, 6) is -0.376. The van der Waals surface area contributed by atoms with Gasteiger partial charge in [0.2, 0.25) is 0 Å². The van der Waals surface area contributed by atoms with Gasteiger partial charge < -0.3 is 14.5 Å². The SMILES string of the molecule is CCN(CC)c1ccc(C2(c3ccc(N(CC)CC)cc3C)OC(=O)c3ncc(C)cc32)c(C)c1. The molecule has 0 aliphatic carbocycles. The summed E-state index contributed by atoms with van der Waals surface area (Å²) in [5.41, 5.74) is 7.66. The molecule has 0 N–H and O–H groups in total. The van der Waals surface area contributed by atoms with Crippen molar-refractivity contribution in [2.24, 2.45) is 0 Å². The van der Waals surface area contributed by atoms with Gasteiger partial charge in [0.25, 0.3) is 0 Å². The number of aromatic nitrogens is 1. The Balaban J connectivity index is 1.99. The Bertz CT molecular complexity index is 1180. The summed E-state index contributed by atoms with van der Waals surface area (Å²) >= 11 is 0. The molecule has 4 rings (SSSR count). The highest BCUT2D eigenvalue weighted by atomic mass is 16.6. The van der Waals surface area contributed by atoms with Crippen LogP contribution in [0.2, 0.25) is 0 Å². The van der Waals surface area contributed by atoms with Crippen LogP contribution in [-0.2, 0) is 10.3 Å². The van der Waals surface area contributed by atoms with E-state index in [1.807, 2.05) is 6.92 Å². The molecule has 2 aromatic carbocycles. The number of ether oxygens (including phenoxy) is 1. The van der Waals surface area contributed by atoms with E-state index in [9.17, 15) is 4.79 Å². The molecule has 0 unspecified atom stereocenters. The molecule has 0 amide bonds. The van der Waals surface area contributed by atoms with Gasteiger partial charge in [-0.25, -0.2) is 9.78 Å². The zero-order valence-corrected chi connectivity index (χ0v) is 22.1. The summed E-state index contributed by atoms with van der Waals surface area (Å²) in [6, 6.07) is 15.0. The minimum atomic E-state index is -1.04. The largest absolute Gasteiger partial charge is 0.439 e. The number of pyridine rings is 1. The number of carbonyl (C=O) groups is 1. The fourth-order valence-corrected chi connectivity index (χ4v) is 5.44. The lowest BCUT2D eigenvalue weighted by atomic mass is 9.77. The highest BCUT2D eigenvalue weighted by molar-refractivity contribution is 5.94. The van der Waals surface area contributed by atoms with Crippen LogP contribution in [0.5, 0.6) is 0 Å². The lowest BCUT2D eigenvalue weighted by Crippen LogP contribution is -2.32. The first-order valence-corrected chi connectivity index (χ1v) is 12.7. The fourth-order valence-electron chi connectivity index (χ4n) is 5.44. The smallest absolute Gasteiger partial charge is 0.358 e. The summed E-state index contributed by atoms with van der Waals surface area (Å²) in [6.07, 6.45) is 1.74. The third kappa shape index (κ3) is 4.07. The van der Waals surface area contributed by atoms with Gasteiger partial charge in [0, 0.05) is 60.4 Å². The van der Waals surface area contributed by atoms with Crippen LogP contribution in [0.3, 0.4) is 0 Å². The van der Waals surface area contributed by atoms with Crippen LogP contribution in [0, 0.1) is 20.8 Å². The predicted octanol–water partition coefficient (Wildman–Crippen LogP) is 6.16. The van der Waals surface area contributed by atoms with Crippen LogP contribution < -0.4 is 9.80 Å². The van der Waals surface area contributed by atoms with Gasteiger partial charge in [-0.1, -0.05) is 12.1 Å². The number of anilines is 2. The molecule has 35 heavy (non-hydrogen) atoms. The van der Waals surface area contributed by atoms with Crippen LogP contribution >= 0.6 is 0 Å². The highest BCUT2D eigenvalue weighted by Gasteiger charge is 2.51. The molecule has 0 bridgehead atoms. The Kier molecular flexibility index (Phi) is 6.88. The lowest BCUT2D eigenvalue weighted by molar-refractivity contribution is 0.0245. The molecule has 0 fully saturated rings. The predicted molar refractivity (Wildman–Crippen MR) is 144 cm³/mol. The normalized spacial score (nSPS) is 14.0. The van der Waals surface area contributed by atoms with Gasteiger partial charge in [-0.15, -0.1) is 0 Å². The van der Waals surface area contributed by atoms with E-state index in [0.29, 0.717) is 5.69 Å². The molecule has 0 radical (unpaired) electrons. The summed E-state index contributed by atoms with van der Waals surface area (Å²) in [4.78, 5) is 22.3. The van der Waals surface area contributed by atoms with Crippen molar-refractivity contribution in [1.82, 2.24) is 4.98 Å². The molecular formula is C30H37N3O2. The summed E-state index contributed by atoms with van der Waals surface area (Å²) in [7, 11) is 0. The number of carbonyl (C=O) groups excluding carboxylic acids is 1. The Morgan fingerprint density at radius 3 is 1.66 bits per heavy atom. The zero-order chi connectivity index (χ0) is 25.3. The summed E-state index contributed by atoms with van der Waals surface area (Å²) in [6.45, 7) is 18.6. The van der Waals surface area contributed by atoms with Crippen LogP contribution in [0.15, 0.2) is 48.7 Å². The van der Waals surface area contributed by atoms with Crippen LogP contribution in [-0.4, -0.2) is 37.1 Å². The maximum Gasteiger partial charge on any atom is 0.358 e. The van der Waals surface area contributed by atoms with Crippen LogP contribution in [0.1, 0.15) is 71.6 Å². The first kappa shape index (κ1) is 24.8. The van der Waals surface area contributed by atoms with Gasteiger partial charge in [0.05, 0.1) is 0 Å². The van der Waals surface area contributed by atoms with Crippen molar-refractivity contribution in [3.05, 3.63) is 87.7 Å². The molecule has 5 nitrogen and oxygen atoms in total. The van der Waals surface area contributed by atoms with Gasteiger partial charge in [0.1, 0.15) is 0 Å². The number of rotatable bonds is 8. The van der Waals surface area contributed by atoms with E-state index < -0.39 is 5.60 Å². The van der Waals surface area contributed by atoms with E-state index in [4.69, 9.17) is 4.74 Å². The summed E-state index contributed by atoms with van der Waals surface area (Å²) < 4.78 is 6.39. The van der Waals surface area contributed by atoms with E-state index in [0.717, 1.165) is 59.6 Å². The number of nitrogens with zero attached hydrogens (tertiary/aromatic N) is 3. The lowest BCUT2D eigenvalue weighted by Gasteiger charge is -2.34. The average Bonchev–Trinajstić information content (AvgIpc) is 3.12. The third-order valence-corrected chi connectivity index (χ3v) is 7.28. The first-order valence-electron chi connectivity index (χ1n) is 12.7. The molecule has 1 aliphatic rings. The highest BCUT2D eigenvalue weighted by Crippen LogP contribution is 2.49. The van der Waals surface area contributed by atoms with E-state index in [1.165, 1.54) is 11.4 Å². The Morgan fingerprint density at radius 1 is 0.743 bits per heavy atom. The molecule has 0 saturated heterocycles. The number of benzene rings is 2. The second-order valence-corrected chi connectivity index (χ2v) is 9.32. The van der Waals surface area contributed by atoms with Crippen molar-refractivity contribution in [2.45, 2.75) is 54.1 Å². The topological polar surface area (TPSA) is 45.7 Å². The van der Waals surface area contributed by atoms with Crippen molar-refractivity contribution in [1.29, 1.82) is 0 Å². The monoisotopic (exact) mass is 471 g/mol. The molecule has 3 aromatic rings. The standard InChI is InChI=1S/C30H37N3O2/c1-8-32(9-2)23-12-14-25(21(6)17-23)30(27-16-20(5)19-31-28(27)29(34)35-30)26-15-13-24(18-22(26)7)33(10-3)11-4/h12-19H,8-11H2,1-7H3. The van der Waals surface area contributed by atoms with E-state index in [1.54, 1.807) is 6.20 Å².